The van der Waals surface area contributed by atoms with Crippen LogP contribution >= 0.6 is 0 Å². The minimum Gasteiger partial charge on any atom is -0.462 e. The van der Waals surface area contributed by atoms with Gasteiger partial charge in [0, 0.05) is 35.5 Å². The van der Waals surface area contributed by atoms with Crippen LogP contribution in [-0.4, -0.2) is 105 Å². The molecule has 15 fully saturated rings. The Bertz CT molecular complexity index is 2510. The molecule has 0 N–H and O–H groups in total. The first-order chi connectivity index (χ1) is 42.2. The lowest BCUT2D eigenvalue weighted by Crippen LogP contribution is -2.55. The van der Waals surface area contributed by atoms with Crippen molar-refractivity contribution >= 4 is 47.4 Å². The predicted octanol–water partition coefficient (Wildman–Crippen LogP) is 15.7. The summed E-state index contributed by atoms with van der Waals surface area (Å²) in [7, 11) is 0. The van der Waals surface area contributed by atoms with Crippen molar-refractivity contribution in [3.63, 3.8) is 0 Å². The summed E-state index contributed by atoms with van der Waals surface area (Å²) < 4.78 is 51.1. The molecule has 15 saturated carbocycles. The highest BCUT2D eigenvalue weighted by molar-refractivity contribution is 5.89. The van der Waals surface area contributed by atoms with Crippen LogP contribution in [0.3, 0.4) is 0 Å². The Morgan fingerprint density at radius 3 is 1.44 bits per heavy atom. The van der Waals surface area contributed by atoms with Crippen molar-refractivity contribution in [1.82, 2.24) is 0 Å². The van der Waals surface area contributed by atoms with Gasteiger partial charge < -0.3 is 42.6 Å². The number of esters is 6. The van der Waals surface area contributed by atoms with Crippen molar-refractivity contribution in [3.8, 4) is 0 Å². The van der Waals surface area contributed by atoms with Crippen LogP contribution in [0.4, 0.5) is 0 Å². The van der Waals surface area contributed by atoms with Gasteiger partial charge in [-0.15, -0.1) is 0 Å². The largest absolute Gasteiger partial charge is 0.462 e. The van der Waals surface area contributed by atoms with Gasteiger partial charge in [0.1, 0.15) is 29.9 Å². The summed E-state index contributed by atoms with van der Waals surface area (Å²) in [6.07, 6.45) is 25.4. The van der Waals surface area contributed by atoms with E-state index in [0.717, 1.165) is 128 Å². The van der Waals surface area contributed by atoms with Gasteiger partial charge in [-0.2, -0.15) is 0 Å². The molecule has 540 valence electrons. The standard InChI is InChI=1S/C26H38O6.C24H34O6.C21H34O5.6CH4/c1-4-25(2,3)24(29)32-21-10-15-8-19(21)20(9-15)23(28)31-14-30-13-26-11-16-5-17(12-26)7-18(6-16)22(26)27;1-3-12(2)23(26)30-20-9-14-6-17(20)18(7-14)24(27)29-11-28-22-16-5-13-4-15(10-16)21(25)19(22)8-13;1-3-14(2)20(22)26-19-11-16-9-17(19)18(10-16)21(23)25-13-24-12-15-7-5-4-6-8-15;;;;;;/h15-21H,4-14H2,1-3H3;12-20,22H,3-11H2,1-2H3;14-19H,3-13H2,1-2H3;6*1H4. The fourth-order valence-electron chi connectivity index (χ4n) is 19.8. The molecule has 0 aromatic rings. The molecule has 0 amide bonds. The van der Waals surface area contributed by atoms with E-state index in [0.29, 0.717) is 72.1 Å². The number of hydrogen-bond acceptors (Lipinski definition) is 17. The predicted molar refractivity (Wildman–Crippen MR) is 361 cm³/mol. The third-order valence-electron chi connectivity index (χ3n) is 25.1. The summed E-state index contributed by atoms with van der Waals surface area (Å²) in [4.78, 5) is 100. The lowest BCUT2D eigenvalue weighted by molar-refractivity contribution is -0.193. The first-order valence-corrected chi connectivity index (χ1v) is 35.2. The first-order valence-electron chi connectivity index (χ1n) is 35.2. The normalized spacial score (nSPS) is 37.4. The van der Waals surface area contributed by atoms with Crippen LogP contribution in [0.1, 0.15) is 260 Å². The Kier molecular flexibility index (Phi) is 29.8. The molecule has 94 heavy (non-hydrogen) atoms. The molecular formula is C77H130O17. The van der Waals surface area contributed by atoms with Crippen molar-refractivity contribution in [2.75, 3.05) is 33.6 Å². The number of fused-ring (bicyclic) bond motifs is 6. The zero-order chi connectivity index (χ0) is 62.2. The molecule has 0 saturated heterocycles. The average molecular weight is 1330 g/mol. The third kappa shape index (κ3) is 17.7. The van der Waals surface area contributed by atoms with Gasteiger partial charge in [-0.25, -0.2) is 0 Å². The van der Waals surface area contributed by atoms with E-state index >= 15 is 0 Å². The Labute approximate surface area is 567 Å². The minimum absolute atomic E-state index is 0. The van der Waals surface area contributed by atoms with Gasteiger partial charge in [-0.1, -0.05) is 98.4 Å². The summed E-state index contributed by atoms with van der Waals surface area (Å²) in [5.41, 5.74) is -0.834. The lowest BCUT2D eigenvalue weighted by atomic mass is 9.49. The van der Waals surface area contributed by atoms with Gasteiger partial charge in [0.15, 0.2) is 20.4 Å². The molecule has 0 spiro atoms. The highest BCUT2D eigenvalue weighted by Crippen LogP contribution is 2.59. The number of hydrogen-bond donors (Lipinski definition) is 0. The van der Waals surface area contributed by atoms with E-state index in [1.807, 2.05) is 48.5 Å². The van der Waals surface area contributed by atoms with E-state index in [1.165, 1.54) is 38.5 Å². The lowest BCUT2D eigenvalue weighted by Gasteiger charge is -2.55. The molecule has 0 radical (unpaired) electrons. The molecule has 15 aliphatic rings. The molecule has 17 nitrogen and oxygen atoms in total. The second kappa shape index (κ2) is 34.7. The van der Waals surface area contributed by atoms with Gasteiger partial charge in [0.25, 0.3) is 0 Å². The van der Waals surface area contributed by atoms with Crippen LogP contribution in [0.15, 0.2) is 0 Å². The molecular weight excluding hydrogens is 1200 g/mol. The summed E-state index contributed by atoms with van der Waals surface area (Å²) in [6, 6.07) is 0. The number of rotatable bonds is 23. The summed E-state index contributed by atoms with van der Waals surface area (Å²) in [5.74, 6) is 4.06. The van der Waals surface area contributed by atoms with Crippen LogP contribution in [0.5, 0.6) is 0 Å². The van der Waals surface area contributed by atoms with Gasteiger partial charge in [0.2, 0.25) is 0 Å². The van der Waals surface area contributed by atoms with E-state index < -0.39 is 5.41 Å². The Balaban J connectivity index is 0.000000249. The van der Waals surface area contributed by atoms with E-state index in [4.69, 9.17) is 42.6 Å². The monoisotopic (exact) mass is 1330 g/mol. The molecule has 21 atom stereocenters. The van der Waals surface area contributed by atoms with Crippen LogP contribution in [0.25, 0.3) is 0 Å². The van der Waals surface area contributed by atoms with Crippen molar-refractivity contribution < 1.29 is 81.0 Å². The zero-order valence-electron chi connectivity index (χ0n) is 54.1. The number of carbonyl (C=O) groups is 8. The minimum atomic E-state index is -0.500. The van der Waals surface area contributed by atoms with Crippen molar-refractivity contribution in [1.29, 1.82) is 0 Å². The maximum Gasteiger partial charge on any atom is 0.311 e. The topological polar surface area (TPSA) is 220 Å². The first kappa shape index (κ1) is 80.7. The Morgan fingerprint density at radius 1 is 0.500 bits per heavy atom. The van der Waals surface area contributed by atoms with Gasteiger partial charge in [-0.3, -0.25) is 38.4 Å². The molecule has 21 unspecified atom stereocenters. The number of ether oxygens (including phenoxy) is 9. The maximum atomic E-state index is 12.9. The average Bonchev–Trinajstić information content (AvgIpc) is 1.29. The molecule has 14 bridgehead atoms. The van der Waals surface area contributed by atoms with Crippen LogP contribution < -0.4 is 0 Å². The second-order valence-corrected chi connectivity index (χ2v) is 31.3. The highest BCUT2D eigenvalue weighted by Gasteiger charge is 2.59. The smallest absolute Gasteiger partial charge is 0.311 e. The van der Waals surface area contributed by atoms with Crippen molar-refractivity contribution in [2.45, 2.75) is 284 Å². The van der Waals surface area contributed by atoms with E-state index in [9.17, 15) is 38.4 Å². The maximum absolute atomic E-state index is 12.9. The summed E-state index contributed by atoms with van der Waals surface area (Å²) in [6.45, 7) is 14.5. The molecule has 0 aromatic carbocycles. The molecule has 15 rings (SSSR count). The summed E-state index contributed by atoms with van der Waals surface area (Å²) in [5, 5.41) is 0. The van der Waals surface area contributed by atoms with E-state index in [-0.39, 0.29) is 196 Å². The van der Waals surface area contributed by atoms with Crippen molar-refractivity contribution in [3.05, 3.63) is 0 Å². The quantitative estimate of drug-likeness (QED) is 0.0402. The number of carbonyl (C=O) groups excluding carboxylic acids is 8. The van der Waals surface area contributed by atoms with Crippen molar-refractivity contribution in [2.24, 2.45) is 123 Å². The third-order valence-corrected chi connectivity index (χ3v) is 25.1. The Hall–Kier alpha value is -3.96. The number of ketones is 2. The number of Topliss-reactive ketones (excluding diaryl/α,β-unsaturated/α-hetero) is 2. The highest BCUT2D eigenvalue weighted by atomic mass is 16.7. The Morgan fingerprint density at radius 2 is 0.957 bits per heavy atom. The molecule has 0 aliphatic heterocycles. The fraction of sp³-hybridized carbons (Fsp3) is 0.896. The van der Waals surface area contributed by atoms with Crippen LogP contribution in [0.2, 0.25) is 0 Å². The van der Waals surface area contributed by atoms with Gasteiger partial charge >= 0.3 is 35.8 Å². The van der Waals surface area contributed by atoms with Crippen LogP contribution in [0, 0.1) is 123 Å². The SMILES string of the molecule is C.C.C.C.C.C.CCC(C)(C)C(=O)OC1CC2CC(C(=O)OCOCC34CC5CC(CC(C5)C3=O)C4)C1C2.CCC(C)C(=O)OC1CC2CC(C(=O)OCOC3C4CC5CC(C4)C(=O)C3C5)C1C2.CCC(C)C(=O)OC1CC2CC(C(=O)OCOCC3CCCCC3)C1C2. The molecule has 0 heterocycles. The molecule has 0 aromatic heterocycles. The summed E-state index contributed by atoms with van der Waals surface area (Å²) >= 11 is 0. The van der Waals surface area contributed by atoms with Crippen LogP contribution in [-0.2, 0) is 81.0 Å². The molecule has 15 aliphatic carbocycles. The second-order valence-electron chi connectivity index (χ2n) is 31.3. The van der Waals surface area contributed by atoms with Gasteiger partial charge in [0.05, 0.1) is 59.7 Å². The fourth-order valence-corrected chi connectivity index (χ4v) is 19.8. The van der Waals surface area contributed by atoms with E-state index in [1.54, 1.807) is 0 Å². The van der Waals surface area contributed by atoms with E-state index in [2.05, 4.69) is 0 Å². The zero-order valence-corrected chi connectivity index (χ0v) is 54.1. The molecule has 17 heteroatoms. The van der Waals surface area contributed by atoms with Gasteiger partial charge in [-0.05, 0) is 209 Å².